The Bertz CT molecular complexity index is 847. The van der Waals surface area contributed by atoms with Gasteiger partial charge in [-0.25, -0.2) is 4.39 Å². The maximum atomic E-state index is 13.9. The number of halogens is 4. The van der Waals surface area contributed by atoms with Crippen LogP contribution in [0.5, 0.6) is 0 Å². The van der Waals surface area contributed by atoms with Crippen LogP contribution in [-0.4, -0.2) is 47.8 Å². The molecule has 1 saturated heterocycles. The van der Waals surface area contributed by atoms with Crippen molar-refractivity contribution in [2.75, 3.05) is 26.2 Å². The van der Waals surface area contributed by atoms with Crippen molar-refractivity contribution in [2.45, 2.75) is 0 Å². The van der Waals surface area contributed by atoms with Crippen LogP contribution in [0.15, 0.2) is 36.4 Å². The number of rotatable bonds is 2. The minimum Gasteiger partial charge on any atom is -0.335 e. The van der Waals surface area contributed by atoms with Crippen molar-refractivity contribution in [1.29, 1.82) is 0 Å². The minimum absolute atomic E-state index is 0.0705. The van der Waals surface area contributed by atoms with Crippen molar-refractivity contribution >= 4 is 46.6 Å². The zero-order valence-electron chi connectivity index (χ0n) is 13.5. The standard InChI is InChI=1S/C18H14Cl3FN2O2/c19-12-1-2-16(22)15(10-12)18(26)24-5-3-23(4-6-24)17(25)11-7-13(20)9-14(21)8-11/h1-2,7-10H,3-6H2. The molecule has 0 aromatic heterocycles. The number of hydrogen-bond donors (Lipinski definition) is 0. The van der Waals surface area contributed by atoms with Gasteiger partial charge in [0.25, 0.3) is 11.8 Å². The predicted molar refractivity (Wildman–Crippen MR) is 99.7 cm³/mol. The maximum Gasteiger partial charge on any atom is 0.257 e. The maximum absolute atomic E-state index is 13.9. The van der Waals surface area contributed by atoms with E-state index in [1.54, 1.807) is 23.1 Å². The zero-order chi connectivity index (χ0) is 18.8. The molecule has 26 heavy (non-hydrogen) atoms. The van der Waals surface area contributed by atoms with E-state index < -0.39 is 11.7 Å². The van der Waals surface area contributed by atoms with Crippen molar-refractivity contribution in [1.82, 2.24) is 9.80 Å². The Morgan fingerprint density at radius 3 is 1.88 bits per heavy atom. The molecule has 1 aliphatic rings. The van der Waals surface area contributed by atoms with Gasteiger partial charge in [0, 0.05) is 46.8 Å². The summed E-state index contributed by atoms with van der Waals surface area (Å²) in [5, 5.41) is 1.05. The molecular formula is C18H14Cl3FN2O2. The number of piperazine rings is 1. The fourth-order valence-electron chi connectivity index (χ4n) is 2.80. The summed E-state index contributed by atoms with van der Waals surface area (Å²) in [4.78, 5) is 28.2. The molecule has 0 radical (unpaired) electrons. The first-order valence-corrected chi connectivity index (χ1v) is 8.98. The summed E-state index contributed by atoms with van der Waals surface area (Å²) >= 11 is 17.7. The number of amides is 2. The predicted octanol–water partition coefficient (Wildman–Crippen LogP) is 4.38. The van der Waals surface area contributed by atoms with Crippen molar-refractivity contribution < 1.29 is 14.0 Å². The second kappa shape index (κ2) is 7.82. The molecule has 1 aliphatic heterocycles. The molecule has 3 rings (SSSR count). The topological polar surface area (TPSA) is 40.6 Å². The van der Waals surface area contributed by atoms with Gasteiger partial charge in [-0.2, -0.15) is 0 Å². The molecule has 2 aromatic carbocycles. The van der Waals surface area contributed by atoms with Gasteiger partial charge in [-0.05, 0) is 36.4 Å². The van der Waals surface area contributed by atoms with Crippen LogP contribution in [0.2, 0.25) is 15.1 Å². The van der Waals surface area contributed by atoms with Gasteiger partial charge < -0.3 is 9.80 Å². The summed E-state index contributed by atoms with van der Waals surface area (Å²) in [7, 11) is 0. The van der Waals surface area contributed by atoms with Crippen LogP contribution in [-0.2, 0) is 0 Å². The van der Waals surface area contributed by atoms with Gasteiger partial charge in [-0.3, -0.25) is 9.59 Å². The molecule has 1 fully saturated rings. The lowest BCUT2D eigenvalue weighted by Gasteiger charge is -2.35. The van der Waals surface area contributed by atoms with E-state index in [4.69, 9.17) is 34.8 Å². The van der Waals surface area contributed by atoms with Gasteiger partial charge in [-0.1, -0.05) is 34.8 Å². The summed E-state index contributed by atoms with van der Waals surface area (Å²) in [6.45, 7) is 1.25. The first-order valence-electron chi connectivity index (χ1n) is 7.85. The van der Waals surface area contributed by atoms with Crippen molar-refractivity contribution in [2.24, 2.45) is 0 Å². The van der Waals surface area contributed by atoms with Crippen LogP contribution < -0.4 is 0 Å². The highest BCUT2D eigenvalue weighted by atomic mass is 35.5. The van der Waals surface area contributed by atoms with E-state index in [2.05, 4.69) is 0 Å². The molecular weight excluding hydrogens is 402 g/mol. The van der Waals surface area contributed by atoms with Crippen LogP contribution in [0.3, 0.4) is 0 Å². The quantitative estimate of drug-likeness (QED) is 0.730. The van der Waals surface area contributed by atoms with E-state index in [9.17, 15) is 14.0 Å². The third kappa shape index (κ3) is 4.11. The Labute approximate surface area is 165 Å². The van der Waals surface area contributed by atoms with Crippen molar-refractivity contribution in [3.05, 3.63) is 68.4 Å². The lowest BCUT2D eigenvalue weighted by molar-refractivity contribution is 0.0533. The highest BCUT2D eigenvalue weighted by Gasteiger charge is 2.27. The van der Waals surface area contributed by atoms with E-state index in [1.165, 1.54) is 17.0 Å². The van der Waals surface area contributed by atoms with E-state index in [1.807, 2.05) is 0 Å². The van der Waals surface area contributed by atoms with E-state index >= 15 is 0 Å². The van der Waals surface area contributed by atoms with E-state index in [0.29, 0.717) is 46.8 Å². The summed E-state index contributed by atoms with van der Waals surface area (Å²) in [6, 6.07) is 8.52. The first kappa shape index (κ1) is 19.0. The molecule has 0 aliphatic carbocycles. The molecule has 0 saturated carbocycles. The third-order valence-electron chi connectivity index (χ3n) is 4.12. The number of hydrogen-bond acceptors (Lipinski definition) is 2. The number of carbonyl (C=O) groups is 2. The molecule has 4 nitrogen and oxygen atoms in total. The number of nitrogens with zero attached hydrogens (tertiary/aromatic N) is 2. The second-order valence-corrected chi connectivity index (χ2v) is 7.18. The van der Waals surface area contributed by atoms with Gasteiger partial charge in [-0.15, -0.1) is 0 Å². The van der Waals surface area contributed by atoms with Crippen molar-refractivity contribution in [3.63, 3.8) is 0 Å². The van der Waals surface area contributed by atoms with Crippen LogP contribution in [0.25, 0.3) is 0 Å². The fourth-order valence-corrected chi connectivity index (χ4v) is 3.50. The smallest absolute Gasteiger partial charge is 0.257 e. The molecule has 136 valence electrons. The third-order valence-corrected chi connectivity index (χ3v) is 4.79. The monoisotopic (exact) mass is 414 g/mol. The Morgan fingerprint density at radius 1 is 0.769 bits per heavy atom. The largest absolute Gasteiger partial charge is 0.335 e. The van der Waals surface area contributed by atoms with Gasteiger partial charge in [0.2, 0.25) is 0 Å². The van der Waals surface area contributed by atoms with Gasteiger partial charge in [0.05, 0.1) is 5.56 Å². The summed E-state index contributed by atoms with van der Waals surface area (Å²) in [5.41, 5.74) is 0.321. The van der Waals surface area contributed by atoms with Crippen molar-refractivity contribution in [3.8, 4) is 0 Å². The normalized spacial score (nSPS) is 14.5. The average molecular weight is 416 g/mol. The minimum atomic E-state index is -0.619. The summed E-state index contributed by atoms with van der Waals surface area (Å²) in [5.74, 6) is -1.27. The molecule has 8 heteroatoms. The second-order valence-electron chi connectivity index (χ2n) is 5.87. The zero-order valence-corrected chi connectivity index (χ0v) is 15.8. The van der Waals surface area contributed by atoms with E-state index in [0.717, 1.165) is 6.07 Å². The number of benzene rings is 2. The summed E-state index contributed by atoms with van der Waals surface area (Å²) in [6.07, 6.45) is 0. The van der Waals surface area contributed by atoms with E-state index in [-0.39, 0.29) is 11.5 Å². The van der Waals surface area contributed by atoms with Crippen LogP contribution >= 0.6 is 34.8 Å². The Morgan fingerprint density at radius 2 is 1.31 bits per heavy atom. The molecule has 0 bridgehead atoms. The highest BCUT2D eigenvalue weighted by molar-refractivity contribution is 6.35. The Kier molecular flexibility index (Phi) is 5.70. The molecule has 0 N–H and O–H groups in total. The van der Waals surface area contributed by atoms with Crippen LogP contribution in [0.1, 0.15) is 20.7 Å². The molecule has 2 amide bonds. The average Bonchev–Trinajstić information content (AvgIpc) is 2.62. The lowest BCUT2D eigenvalue weighted by Crippen LogP contribution is -2.50. The van der Waals surface area contributed by atoms with Crippen LogP contribution in [0.4, 0.5) is 4.39 Å². The molecule has 0 unspecified atom stereocenters. The SMILES string of the molecule is O=C(c1cc(Cl)cc(Cl)c1)N1CCN(C(=O)c2cc(Cl)ccc2F)CC1. The molecule has 1 heterocycles. The van der Waals surface area contributed by atoms with Gasteiger partial charge >= 0.3 is 0 Å². The van der Waals surface area contributed by atoms with Crippen LogP contribution in [0, 0.1) is 5.82 Å². The lowest BCUT2D eigenvalue weighted by atomic mass is 10.1. The van der Waals surface area contributed by atoms with Gasteiger partial charge in [0.1, 0.15) is 5.82 Å². The summed E-state index contributed by atoms with van der Waals surface area (Å²) < 4.78 is 13.9. The molecule has 2 aromatic rings. The first-order chi connectivity index (χ1) is 12.3. The Hall–Kier alpha value is -1.82. The fraction of sp³-hybridized carbons (Fsp3) is 0.222. The number of carbonyl (C=O) groups excluding carboxylic acids is 2. The van der Waals surface area contributed by atoms with Gasteiger partial charge in [0.15, 0.2) is 0 Å². The molecule has 0 atom stereocenters. The Balaban J connectivity index is 1.68. The molecule has 0 spiro atoms. The highest BCUT2D eigenvalue weighted by Crippen LogP contribution is 2.22.